The molecule has 2 heterocycles. The van der Waals surface area contributed by atoms with E-state index in [4.69, 9.17) is 11.6 Å². The lowest BCUT2D eigenvalue weighted by molar-refractivity contribution is -0.140. The Labute approximate surface area is 181 Å². The number of hydrogen-bond acceptors (Lipinski definition) is 4. The van der Waals surface area contributed by atoms with Gasteiger partial charge < -0.3 is 10.0 Å². The van der Waals surface area contributed by atoms with E-state index in [0.29, 0.717) is 16.1 Å². The highest BCUT2D eigenvalue weighted by molar-refractivity contribution is 7.09. The zero-order chi connectivity index (χ0) is 21.4. The van der Waals surface area contributed by atoms with Crippen LogP contribution in [0.2, 0.25) is 5.02 Å². The topological polar surface area (TPSA) is 57.6 Å². The van der Waals surface area contributed by atoms with E-state index in [1.54, 1.807) is 31.2 Å². The monoisotopic (exact) mass is 441 g/mol. The van der Waals surface area contributed by atoms with Gasteiger partial charge in [0.2, 0.25) is 0 Å². The van der Waals surface area contributed by atoms with E-state index in [9.17, 15) is 19.1 Å². The molecule has 1 amide bonds. The predicted octanol–water partition coefficient (Wildman–Crippen LogP) is 5.47. The first-order valence-electron chi connectivity index (χ1n) is 9.19. The SMILES string of the molecule is Cc1cc(/C(O)=C2/C(=O)C(=O)N(Cc3cccs3)C2c2ccc(Cl)cc2)ccc1F. The van der Waals surface area contributed by atoms with Gasteiger partial charge in [0.25, 0.3) is 11.7 Å². The van der Waals surface area contributed by atoms with Gasteiger partial charge in [-0.2, -0.15) is 0 Å². The van der Waals surface area contributed by atoms with Gasteiger partial charge in [-0.05, 0) is 59.8 Å². The molecule has 4 rings (SSSR count). The first-order valence-corrected chi connectivity index (χ1v) is 10.5. The van der Waals surface area contributed by atoms with Gasteiger partial charge in [-0.3, -0.25) is 9.59 Å². The second-order valence-electron chi connectivity index (χ2n) is 7.02. The van der Waals surface area contributed by atoms with Crippen LogP contribution in [0.5, 0.6) is 0 Å². The molecule has 0 spiro atoms. The number of hydrogen-bond donors (Lipinski definition) is 1. The van der Waals surface area contributed by atoms with Crippen LogP contribution in [0.1, 0.15) is 27.6 Å². The molecule has 0 radical (unpaired) electrons. The minimum atomic E-state index is -0.783. The molecular weight excluding hydrogens is 425 g/mol. The third-order valence-corrected chi connectivity index (χ3v) is 6.18. The largest absolute Gasteiger partial charge is 0.507 e. The first-order chi connectivity index (χ1) is 14.4. The van der Waals surface area contributed by atoms with Gasteiger partial charge in [0, 0.05) is 15.5 Å². The Hall–Kier alpha value is -2.96. The van der Waals surface area contributed by atoms with E-state index in [1.807, 2.05) is 17.5 Å². The van der Waals surface area contributed by atoms with Gasteiger partial charge in [0.15, 0.2) is 0 Å². The van der Waals surface area contributed by atoms with Crippen molar-refractivity contribution in [3.05, 3.63) is 98.0 Å². The molecule has 0 saturated carbocycles. The van der Waals surface area contributed by atoms with Crippen LogP contribution in [0.3, 0.4) is 0 Å². The van der Waals surface area contributed by atoms with Crippen LogP contribution in [-0.4, -0.2) is 21.7 Å². The van der Waals surface area contributed by atoms with Crippen molar-refractivity contribution in [1.29, 1.82) is 0 Å². The molecule has 1 atom stereocenters. The highest BCUT2D eigenvalue weighted by Gasteiger charge is 2.46. The van der Waals surface area contributed by atoms with E-state index < -0.39 is 23.5 Å². The molecule has 3 aromatic rings. The van der Waals surface area contributed by atoms with Crippen LogP contribution in [-0.2, 0) is 16.1 Å². The maximum absolute atomic E-state index is 13.7. The fraction of sp³-hybridized carbons (Fsp3) is 0.130. The molecule has 7 heteroatoms. The van der Waals surface area contributed by atoms with E-state index in [1.165, 1.54) is 34.4 Å². The molecule has 1 unspecified atom stereocenters. The number of aryl methyl sites for hydroxylation is 1. The Kier molecular flexibility index (Phi) is 5.45. The summed E-state index contributed by atoms with van der Waals surface area (Å²) in [5.74, 6) is -2.21. The zero-order valence-corrected chi connectivity index (χ0v) is 17.5. The summed E-state index contributed by atoms with van der Waals surface area (Å²) >= 11 is 7.49. The number of aliphatic hydroxyl groups excluding tert-OH is 1. The van der Waals surface area contributed by atoms with Crippen molar-refractivity contribution in [1.82, 2.24) is 4.90 Å². The third kappa shape index (κ3) is 3.64. The van der Waals surface area contributed by atoms with Crippen molar-refractivity contribution in [3.8, 4) is 0 Å². The molecule has 1 fully saturated rings. The molecule has 152 valence electrons. The number of ketones is 1. The smallest absolute Gasteiger partial charge is 0.295 e. The van der Waals surface area contributed by atoms with E-state index in [2.05, 4.69) is 0 Å². The lowest BCUT2D eigenvalue weighted by atomic mass is 9.95. The Balaban J connectivity index is 1.87. The van der Waals surface area contributed by atoms with Crippen molar-refractivity contribution in [3.63, 3.8) is 0 Å². The molecule has 1 saturated heterocycles. The number of benzene rings is 2. The zero-order valence-electron chi connectivity index (χ0n) is 15.9. The summed E-state index contributed by atoms with van der Waals surface area (Å²) in [5.41, 5.74) is 1.23. The van der Waals surface area contributed by atoms with Crippen molar-refractivity contribution >= 4 is 40.4 Å². The van der Waals surface area contributed by atoms with E-state index >= 15 is 0 Å². The fourth-order valence-electron chi connectivity index (χ4n) is 3.55. The maximum atomic E-state index is 13.7. The van der Waals surface area contributed by atoms with Crippen LogP contribution in [0.4, 0.5) is 4.39 Å². The van der Waals surface area contributed by atoms with Gasteiger partial charge in [0.1, 0.15) is 11.6 Å². The minimum absolute atomic E-state index is 0.0233. The highest BCUT2D eigenvalue weighted by Crippen LogP contribution is 2.41. The lowest BCUT2D eigenvalue weighted by Gasteiger charge is -2.25. The van der Waals surface area contributed by atoms with Crippen molar-refractivity contribution in [2.75, 3.05) is 0 Å². The molecule has 1 N–H and O–H groups in total. The van der Waals surface area contributed by atoms with Crippen molar-refractivity contribution in [2.24, 2.45) is 0 Å². The standard InChI is InChI=1S/C23H17ClFNO3S/c1-13-11-15(6-9-18(13)25)21(27)19-20(14-4-7-16(24)8-5-14)26(23(29)22(19)28)12-17-3-2-10-30-17/h2-11,20,27H,12H2,1H3/b21-19-. The summed E-state index contributed by atoms with van der Waals surface area (Å²) < 4.78 is 13.7. The number of Topliss-reactive ketones (excluding diaryl/α,β-unsaturated/α-hetero) is 1. The van der Waals surface area contributed by atoms with Crippen LogP contribution < -0.4 is 0 Å². The van der Waals surface area contributed by atoms with Gasteiger partial charge in [-0.15, -0.1) is 11.3 Å². The van der Waals surface area contributed by atoms with Crippen molar-refractivity contribution in [2.45, 2.75) is 19.5 Å². The van der Waals surface area contributed by atoms with Crippen LogP contribution in [0.15, 0.2) is 65.6 Å². The molecule has 0 bridgehead atoms. The number of thiophene rings is 1. The number of amides is 1. The fourth-order valence-corrected chi connectivity index (χ4v) is 4.38. The Morgan fingerprint density at radius 3 is 2.53 bits per heavy atom. The van der Waals surface area contributed by atoms with Gasteiger partial charge in [-0.1, -0.05) is 29.8 Å². The number of aliphatic hydroxyl groups is 1. The molecule has 2 aromatic carbocycles. The molecule has 0 aliphatic carbocycles. The molecule has 1 aliphatic rings. The van der Waals surface area contributed by atoms with Gasteiger partial charge in [0.05, 0.1) is 18.2 Å². The Bertz CT molecular complexity index is 1160. The van der Waals surface area contributed by atoms with Crippen molar-refractivity contribution < 1.29 is 19.1 Å². The van der Waals surface area contributed by atoms with E-state index in [-0.39, 0.29) is 23.4 Å². The third-order valence-electron chi connectivity index (χ3n) is 5.06. The number of carbonyl (C=O) groups is 2. The number of likely N-dealkylation sites (tertiary alicyclic amines) is 1. The molecule has 30 heavy (non-hydrogen) atoms. The summed E-state index contributed by atoms with van der Waals surface area (Å²) in [5, 5.41) is 13.4. The lowest BCUT2D eigenvalue weighted by Crippen LogP contribution is -2.28. The van der Waals surface area contributed by atoms with Gasteiger partial charge >= 0.3 is 0 Å². The maximum Gasteiger partial charge on any atom is 0.295 e. The minimum Gasteiger partial charge on any atom is -0.507 e. The van der Waals surface area contributed by atoms with Crippen LogP contribution in [0.25, 0.3) is 5.76 Å². The number of rotatable bonds is 4. The highest BCUT2D eigenvalue weighted by atomic mass is 35.5. The molecule has 4 nitrogen and oxygen atoms in total. The average Bonchev–Trinajstić information content (AvgIpc) is 3.33. The quantitative estimate of drug-likeness (QED) is 0.332. The first kappa shape index (κ1) is 20.3. The van der Waals surface area contributed by atoms with Gasteiger partial charge in [-0.25, -0.2) is 4.39 Å². The van der Waals surface area contributed by atoms with Crippen LogP contribution in [0, 0.1) is 12.7 Å². The molecule has 1 aromatic heterocycles. The molecular formula is C23H17ClFNO3S. The second-order valence-corrected chi connectivity index (χ2v) is 8.49. The number of nitrogens with zero attached hydrogens (tertiary/aromatic N) is 1. The summed E-state index contributed by atoms with van der Waals surface area (Å²) in [6.45, 7) is 1.80. The summed E-state index contributed by atoms with van der Waals surface area (Å²) in [6, 6.07) is 13.8. The second kappa shape index (κ2) is 8.05. The molecule has 1 aliphatic heterocycles. The summed E-state index contributed by atoms with van der Waals surface area (Å²) in [6.07, 6.45) is 0. The normalized spacial score (nSPS) is 18.2. The Morgan fingerprint density at radius 2 is 1.90 bits per heavy atom. The number of halogens is 2. The predicted molar refractivity (Wildman–Crippen MR) is 115 cm³/mol. The van der Waals surface area contributed by atoms with E-state index in [0.717, 1.165) is 4.88 Å². The summed E-state index contributed by atoms with van der Waals surface area (Å²) in [7, 11) is 0. The Morgan fingerprint density at radius 1 is 1.17 bits per heavy atom. The summed E-state index contributed by atoms with van der Waals surface area (Å²) in [4.78, 5) is 28.2. The average molecular weight is 442 g/mol. The number of carbonyl (C=O) groups excluding carboxylic acids is 2. The van der Waals surface area contributed by atoms with Crippen LogP contribution >= 0.6 is 22.9 Å².